The predicted molar refractivity (Wildman–Crippen MR) is 55.2 cm³/mol. The standard InChI is InChI=1S/C11H12N2O2/c1-2-10(13-12)11(14)15-8-9-6-4-3-5-7-9/h3-7H,2,8H2,1H3. The first-order valence-corrected chi connectivity index (χ1v) is 4.70. The lowest BCUT2D eigenvalue weighted by Gasteiger charge is -2.00. The van der Waals surface area contributed by atoms with Crippen molar-refractivity contribution in [3.8, 4) is 0 Å². The van der Waals surface area contributed by atoms with E-state index in [1.54, 1.807) is 6.92 Å². The van der Waals surface area contributed by atoms with Crippen LogP contribution in [0.15, 0.2) is 30.3 Å². The number of benzene rings is 1. The van der Waals surface area contributed by atoms with Gasteiger partial charge < -0.3 is 10.3 Å². The van der Waals surface area contributed by atoms with Crippen LogP contribution in [-0.4, -0.2) is 16.5 Å². The lowest BCUT2D eigenvalue weighted by molar-refractivity contribution is -0.141. The molecule has 0 atom stereocenters. The molecule has 0 bridgehead atoms. The zero-order valence-corrected chi connectivity index (χ0v) is 8.51. The summed E-state index contributed by atoms with van der Waals surface area (Å²) in [7, 11) is 0. The van der Waals surface area contributed by atoms with Crippen LogP contribution in [0.25, 0.3) is 5.53 Å². The summed E-state index contributed by atoms with van der Waals surface area (Å²) in [6.07, 6.45) is 0.351. The largest absolute Gasteiger partial charge is 0.452 e. The van der Waals surface area contributed by atoms with Crippen molar-refractivity contribution in [3.05, 3.63) is 41.4 Å². The van der Waals surface area contributed by atoms with Crippen molar-refractivity contribution in [1.29, 1.82) is 0 Å². The number of esters is 1. The lowest BCUT2D eigenvalue weighted by Crippen LogP contribution is -2.17. The fourth-order valence-corrected chi connectivity index (χ4v) is 1.06. The third-order valence-electron chi connectivity index (χ3n) is 1.90. The smallest absolute Gasteiger partial charge is 0.417 e. The number of rotatable bonds is 4. The molecule has 0 unspecified atom stereocenters. The van der Waals surface area contributed by atoms with Crippen LogP contribution < -0.4 is 0 Å². The first kappa shape index (κ1) is 11.1. The van der Waals surface area contributed by atoms with Crippen LogP contribution in [-0.2, 0) is 16.1 Å². The fraction of sp³-hybridized carbons (Fsp3) is 0.273. The van der Waals surface area contributed by atoms with Gasteiger partial charge in [-0.1, -0.05) is 37.3 Å². The second-order valence-electron chi connectivity index (χ2n) is 2.96. The van der Waals surface area contributed by atoms with E-state index < -0.39 is 5.97 Å². The fourth-order valence-electron chi connectivity index (χ4n) is 1.06. The minimum atomic E-state index is -0.580. The van der Waals surface area contributed by atoms with Gasteiger partial charge in [0.25, 0.3) is 0 Å². The molecule has 4 nitrogen and oxygen atoms in total. The Balaban J connectivity index is 2.51. The van der Waals surface area contributed by atoms with E-state index in [2.05, 4.69) is 4.79 Å². The minimum Gasteiger partial charge on any atom is -0.452 e. The topological polar surface area (TPSA) is 62.7 Å². The third kappa shape index (κ3) is 3.37. The van der Waals surface area contributed by atoms with Gasteiger partial charge in [-0.3, -0.25) is 0 Å². The molecule has 0 spiro atoms. The van der Waals surface area contributed by atoms with Crippen LogP contribution in [0.4, 0.5) is 0 Å². The number of carbonyl (C=O) groups excluding carboxylic acids is 1. The SMILES string of the molecule is CCC(=[N+]=[N-])C(=O)OCc1ccccc1. The molecule has 1 aromatic carbocycles. The molecule has 78 valence electrons. The quantitative estimate of drug-likeness (QED) is 0.325. The highest BCUT2D eigenvalue weighted by atomic mass is 16.5. The van der Waals surface area contributed by atoms with E-state index in [0.717, 1.165) is 5.56 Å². The summed E-state index contributed by atoms with van der Waals surface area (Å²) in [5.74, 6) is -0.580. The Morgan fingerprint density at radius 3 is 2.60 bits per heavy atom. The van der Waals surface area contributed by atoms with E-state index in [4.69, 9.17) is 10.3 Å². The van der Waals surface area contributed by atoms with Gasteiger partial charge in [-0.25, -0.2) is 4.79 Å². The summed E-state index contributed by atoms with van der Waals surface area (Å²) < 4.78 is 4.94. The maximum Gasteiger partial charge on any atom is 0.417 e. The summed E-state index contributed by atoms with van der Waals surface area (Å²) in [5, 5.41) is 0. The first-order valence-electron chi connectivity index (χ1n) is 4.70. The zero-order valence-electron chi connectivity index (χ0n) is 8.51. The second-order valence-corrected chi connectivity index (χ2v) is 2.96. The number of nitrogens with zero attached hydrogens (tertiary/aromatic N) is 2. The molecule has 0 aromatic heterocycles. The van der Waals surface area contributed by atoms with Crippen LogP contribution in [0.5, 0.6) is 0 Å². The maximum atomic E-state index is 11.3. The van der Waals surface area contributed by atoms with Gasteiger partial charge in [0.2, 0.25) is 0 Å². The van der Waals surface area contributed by atoms with Gasteiger partial charge in [-0.15, -0.1) is 0 Å². The van der Waals surface area contributed by atoms with E-state index >= 15 is 0 Å². The van der Waals surface area contributed by atoms with Gasteiger partial charge in [0, 0.05) is 0 Å². The van der Waals surface area contributed by atoms with Gasteiger partial charge in [0.1, 0.15) is 6.61 Å². The molecular formula is C11H12N2O2. The van der Waals surface area contributed by atoms with Crippen molar-refractivity contribution in [2.45, 2.75) is 20.0 Å². The van der Waals surface area contributed by atoms with E-state index in [9.17, 15) is 4.79 Å². The molecule has 4 heteroatoms. The summed E-state index contributed by atoms with van der Waals surface area (Å²) >= 11 is 0. The summed E-state index contributed by atoms with van der Waals surface area (Å²) in [5.41, 5.74) is 9.42. The lowest BCUT2D eigenvalue weighted by atomic mass is 10.2. The molecule has 0 N–H and O–H groups in total. The molecule has 0 saturated carbocycles. The van der Waals surface area contributed by atoms with Crippen LogP contribution in [0.3, 0.4) is 0 Å². The van der Waals surface area contributed by atoms with Crippen molar-refractivity contribution in [2.75, 3.05) is 0 Å². The second kappa shape index (κ2) is 5.73. The average Bonchev–Trinajstić information content (AvgIpc) is 2.29. The van der Waals surface area contributed by atoms with Crippen molar-refractivity contribution < 1.29 is 14.3 Å². The summed E-state index contributed by atoms with van der Waals surface area (Å²) in [6, 6.07) is 9.33. The van der Waals surface area contributed by atoms with Crippen molar-refractivity contribution >= 4 is 11.7 Å². The molecule has 1 rings (SSSR count). The van der Waals surface area contributed by atoms with Gasteiger partial charge in [0.05, 0.1) is 6.42 Å². The van der Waals surface area contributed by atoms with E-state index in [1.165, 1.54) is 0 Å². The number of hydrogen-bond donors (Lipinski definition) is 0. The Kier molecular flexibility index (Phi) is 4.26. The summed E-state index contributed by atoms with van der Waals surface area (Å²) in [6.45, 7) is 1.91. The van der Waals surface area contributed by atoms with Crippen LogP contribution in [0.2, 0.25) is 0 Å². The predicted octanol–water partition coefficient (Wildman–Crippen LogP) is 1.81. The van der Waals surface area contributed by atoms with Crippen molar-refractivity contribution in [1.82, 2.24) is 0 Å². The Labute approximate surface area is 88.1 Å². The molecule has 0 fully saturated rings. The number of ether oxygens (including phenoxy) is 1. The third-order valence-corrected chi connectivity index (χ3v) is 1.90. The van der Waals surface area contributed by atoms with Gasteiger partial charge >= 0.3 is 11.7 Å². The zero-order chi connectivity index (χ0) is 11.1. The van der Waals surface area contributed by atoms with Gasteiger partial charge in [-0.05, 0) is 5.56 Å². The molecule has 0 aliphatic carbocycles. The molecule has 0 radical (unpaired) electrons. The van der Waals surface area contributed by atoms with Crippen molar-refractivity contribution in [3.63, 3.8) is 0 Å². The molecular weight excluding hydrogens is 192 g/mol. The van der Waals surface area contributed by atoms with Gasteiger partial charge in [-0.2, -0.15) is 4.79 Å². The highest BCUT2D eigenvalue weighted by molar-refractivity contribution is 6.33. The highest BCUT2D eigenvalue weighted by Crippen LogP contribution is 2.01. The normalized spacial score (nSPS) is 9.13. The Morgan fingerprint density at radius 1 is 1.40 bits per heavy atom. The maximum absolute atomic E-state index is 11.3. The Bertz CT molecular complexity index is 381. The van der Waals surface area contributed by atoms with Crippen LogP contribution in [0, 0.1) is 0 Å². The molecule has 0 amide bonds. The average molecular weight is 204 g/mol. The molecule has 0 aliphatic rings. The highest BCUT2D eigenvalue weighted by Gasteiger charge is 2.18. The Hall–Kier alpha value is -1.93. The molecule has 0 heterocycles. The van der Waals surface area contributed by atoms with Gasteiger partial charge in [0.15, 0.2) is 0 Å². The van der Waals surface area contributed by atoms with Crippen molar-refractivity contribution in [2.24, 2.45) is 0 Å². The summed E-state index contributed by atoms with van der Waals surface area (Å²) in [4.78, 5) is 14.1. The number of carbonyl (C=O) groups is 1. The van der Waals surface area contributed by atoms with E-state index in [-0.39, 0.29) is 12.3 Å². The minimum absolute atomic E-state index is 0.0333. The molecule has 15 heavy (non-hydrogen) atoms. The molecule has 0 saturated heterocycles. The van der Waals surface area contributed by atoms with Crippen LogP contribution >= 0.6 is 0 Å². The Morgan fingerprint density at radius 2 is 2.07 bits per heavy atom. The monoisotopic (exact) mass is 204 g/mol. The molecule has 0 aliphatic heterocycles. The molecule has 1 aromatic rings. The van der Waals surface area contributed by atoms with E-state index in [1.807, 2.05) is 30.3 Å². The van der Waals surface area contributed by atoms with Crippen LogP contribution in [0.1, 0.15) is 18.9 Å². The number of hydrogen-bond acceptors (Lipinski definition) is 2. The van der Waals surface area contributed by atoms with E-state index in [0.29, 0.717) is 6.42 Å². The first-order chi connectivity index (χ1) is 7.27.